The first-order chi connectivity index (χ1) is 7.63. The lowest BCUT2D eigenvalue weighted by atomic mass is 10.1. The van der Waals surface area contributed by atoms with Gasteiger partial charge in [0.2, 0.25) is 0 Å². The number of anilines is 1. The van der Waals surface area contributed by atoms with Gasteiger partial charge in [0.05, 0.1) is 0 Å². The highest BCUT2D eigenvalue weighted by Crippen LogP contribution is 2.09. The predicted octanol–water partition coefficient (Wildman–Crippen LogP) is 2.77. The van der Waals surface area contributed by atoms with Crippen LogP contribution < -0.4 is 5.32 Å². The lowest BCUT2D eigenvalue weighted by molar-refractivity contribution is 0.0690. The number of carboxylic acid groups (broad SMARTS) is 1. The second-order valence-corrected chi connectivity index (χ2v) is 3.90. The van der Waals surface area contributed by atoms with Crippen LogP contribution in [0.4, 0.5) is 5.82 Å². The summed E-state index contributed by atoms with van der Waals surface area (Å²) in [5.74, 6) is -0.367. The summed E-state index contributed by atoms with van der Waals surface area (Å²) in [5.41, 5.74) is 0.0766. The Morgan fingerprint density at radius 2 is 2.31 bits per heavy atom. The minimum atomic E-state index is -0.995. The molecule has 16 heavy (non-hydrogen) atoms. The van der Waals surface area contributed by atoms with Gasteiger partial charge in [-0.2, -0.15) is 0 Å². The molecule has 0 aliphatic heterocycles. The van der Waals surface area contributed by atoms with Crippen LogP contribution in [0.2, 0.25) is 0 Å². The molecule has 1 aromatic heterocycles. The Labute approximate surface area is 95.7 Å². The van der Waals surface area contributed by atoms with E-state index in [-0.39, 0.29) is 5.69 Å². The van der Waals surface area contributed by atoms with E-state index in [2.05, 4.69) is 24.1 Å². The molecular weight excluding hydrogens is 204 g/mol. The molecule has 1 aromatic rings. The van der Waals surface area contributed by atoms with Gasteiger partial charge in [0, 0.05) is 6.04 Å². The maximum atomic E-state index is 10.7. The number of nitrogens with one attached hydrogen (secondary N) is 1. The van der Waals surface area contributed by atoms with Crippen LogP contribution in [0.3, 0.4) is 0 Å². The Morgan fingerprint density at radius 3 is 2.94 bits per heavy atom. The SMILES string of the molecule is CCCCC(C)Nc1cccc(C(=O)O)n1. The Kier molecular flexibility index (Phi) is 4.76. The molecule has 0 aliphatic carbocycles. The molecule has 0 fully saturated rings. The van der Waals surface area contributed by atoms with Gasteiger partial charge in [-0.15, -0.1) is 0 Å². The van der Waals surface area contributed by atoms with E-state index in [1.807, 2.05) is 0 Å². The van der Waals surface area contributed by atoms with Gasteiger partial charge in [-0.05, 0) is 25.5 Å². The molecule has 0 aliphatic rings. The highest BCUT2D eigenvalue weighted by atomic mass is 16.4. The van der Waals surface area contributed by atoms with Crippen LogP contribution in [0.15, 0.2) is 18.2 Å². The summed E-state index contributed by atoms with van der Waals surface area (Å²) in [6, 6.07) is 5.29. The molecule has 1 rings (SSSR count). The minimum Gasteiger partial charge on any atom is -0.477 e. The number of carbonyl (C=O) groups is 1. The van der Waals surface area contributed by atoms with Crippen LogP contribution in [-0.2, 0) is 0 Å². The summed E-state index contributed by atoms with van der Waals surface area (Å²) in [6.07, 6.45) is 3.39. The molecule has 1 heterocycles. The number of aromatic carboxylic acids is 1. The van der Waals surface area contributed by atoms with E-state index in [9.17, 15) is 4.79 Å². The van der Waals surface area contributed by atoms with E-state index in [1.165, 1.54) is 6.07 Å². The van der Waals surface area contributed by atoms with Crippen molar-refractivity contribution in [2.75, 3.05) is 5.32 Å². The van der Waals surface area contributed by atoms with Gasteiger partial charge in [-0.1, -0.05) is 25.8 Å². The van der Waals surface area contributed by atoms with Gasteiger partial charge in [0.25, 0.3) is 0 Å². The molecule has 4 heteroatoms. The first kappa shape index (κ1) is 12.5. The smallest absolute Gasteiger partial charge is 0.354 e. The molecule has 4 nitrogen and oxygen atoms in total. The second kappa shape index (κ2) is 6.10. The van der Waals surface area contributed by atoms with Crippen LogP contribution >= 0.6 is 0 Å². The van der Waals surface area contributed by atoms with E-state index < -0.39 is 5.97 Å². The first-order valence-corrected chi connectivity index (χ1v) is 5.60. The molecule has 88 valence electrons. The molecular formula is C12H18N2O2. The van der Waals surface area contributed by atoms with Crippen molar-refractivity contribution < 1.29 is 9.90 Å². The number of rotatable bonds is 6. The normalized spacial score (nSPS) is 12.1. The fourth-order valence-electron chi connectivity index (χ4n) is 1.47. The third-order valence-electron chi connectivity index (χ3n) is 2.35. The van der Waals surface area contributed by atoms with Gasteiger partial charge in [-0.3, -0.25) is 0 Å². The zero-order chi connectivity index (χ0) is 12.0. The lowest BCUT2D eigenvalue weighted by Crippen LogP contribution is -2.16. The number of pyridine rings is 1. The third-order valence-corrected chi connectivity index (χ3v) is 2.35. The fraction of sp³-hybridized carbons (Fsp3) is 0.500. The van der Waals surface area contributed by atoms with Crippen molar-refractivity contribution in [3.05, 3.63) is 23.9 Å². The summed E-state index contributed by atoms with van der Waals surface area (Å²) in [4.78, 5) is 14.7. The lowest BCUT2D eigenvalue weighted by Gasteiger charge is -2.13. The summed E-state index contributed by atoms with van der Waals surface area (Å²) in [7, 11) is 0. The summed E-state index contributed by atoms with van der Waals surface area (Å²) in [6.45, 7) is 4.22. The Hall–Kier alpha value is -1.58. The van der Waals surface area contributed by atoms with Crippen molar-refractivity contribution in [2.45, 2.75) is 39.2 Å². The molecule has 2 N–H and O–H groups in total. The van der Waals surface area contributed by atoms with E-state index in [4.69, 9.17) is 5.11 Å². The van der Waals surface area contributed by atoms with Crippen molar-refractivity contribution in [3.8, 4) is 0 Å². The largest absolute Gasteiger partial charge is 0.477 e. The molecule has 1 unspecified atom stereocenters. The average molecular weight is 222 g/mol. The highest BCUT2D eigenvalue weighted by molar-refractivity contribution is 5.85. The number of carboxylic acids is 1. The van der Waals surface area contributed by atoms with Crippen LogP contribution in [0, 0.1) is 0 Å². The molecule has 0 saturated carbocycles. The zero-order valence-corrected chi connectivity index (χ0v) is 9.73. The molecule has 0 aromatic carbocycles. The summed E-state index contributed by atoms with van der Waals surface area (Å²) < 4.78 is 0. The van der Waals surface area contributed by atoms with E-state index in [0.29, 0.717) is 11.9 Å². The standard InChI is InChI=1S/C12H18N2O2/c1-3-4-6-9(2)13-11-8-5-7-10(14-11)12(15)16/h5,7-9H,3-4,6H2,1-2H3,(H,13,14)(H,15,16). The third kappa shape index (κ3) is 3.88. The van der Waals surface area contributed by atoms with Gasteiger partial charge in [0.1, 0.15) is 5.82 Å². The molecule has 0 amide bonds. The maximum absolute atomic E-state index is 10.7. The quantitative estimate of drug-likeness (QED) is 0.777. The molecule has 0 bridgehead atoms. The van der Waals surface area contributed by atoms with Gasteiger partial charge >= 0.3 is 5.97 Å². The van der Waals surface area contributed by atoms with Crippen molar-refractivity contribution in [2.24, 2.45) is 0 Å². The minimum absolute atomic E-state index is 0.0766. The van der Waals surface area contributed by atoms with Crippen LogP contribution in [0.1, 0.15) is 43.6 Å². The Morgan fingerprint density at radius 1 is 1.56 bits per heavy atom. The average Bonchev–Trinajstić information content (AvgIpc) is 2.26. The Bertz CT molecular complexity index is 353. The number of hydrogen-bond donors (Lipinski definition) is 2. The molecule has 0 spiro atoms. The maximum Gasteiger partial charge on any atom is 0.354 e. The predicted molar refractivity (Wildman–Crippen MR) is 63.8 cm³/mol. The molecule has 0 saturated heterocycles. The number of nitrogens with zero attached hydrogens (tertiary/aromatic N) is 1. The van der Waals surface area contributed by atoms with Gasteiger partial charge < -0.3 is 10.4 Å². The van der Waals surface area contributed by atoms with Crippen molar-refractivity contribution in [1.82, 2.24) is 4.98 Å². The number of aromatic nitrogens is 1. The molecule has 0 radical (unpaired) electrons. The number of unbranched alkanes of at least 4 members (excludes halogenated alkanes) is 1. The van der Waals surface area contributed by atoms with Crippen LogP contribution in [0.5, 0.6) is 0 Å². The van der Waals surface area contributed by atoms with Gasteiger partial charge in [0.15, 0.2) is 5.69 Å². The summed E-state index contributed by atoms with van der Waals surface area (Å²) in [5, 5.41) is 12.0. The highest BCUT2D eigenvalue weighted by Gasteiger charge is 2.06. The first-order valence-electron chi connectivity index (χ1n) is 5.60. The van der Waals surface area contributed by atoms with E-state index in [1.54, 1.807) is 12.1 Å². The monoisotopic (exact) mass is 222 g/mol. The Balaban J connectivity index is 2.59. The zero-order valence-electron chi connectivity index (χ0n) is 9.73. The van der Waals surface area contributed by atoms with Crippen LogP contribution in [0.25, 0.3) is 0 Å². The topological polar surface area (TPSA) is 62.2 Å². The van der Waals surface area contributed by atoms with Crippen molar-refractivity contribution >= 4 is 11.8 Å². The number of hydrogen-bond acceptors (Lipinski definition) is 3. The van der Waals surface area contributed by atoms with Gasteiger partial charge in [-0.25, -0.2) is 9.78 Å². The summed E-state index contributed by atoms with van der Waals surface area (Å²) >= 11 is 0. The van der Waals surface area contributed by atoms with E-state index >= 15 is 0 Å². The fourth-order valence-corrected chi connectivity index (χ4v) is 1.47. The van der Waals surface area contributed by atoms with Crippen molar-refractivity contribution in [3.63, 3.8) is 0 Å². The second-order valence-electron chi connectivity index (χ2n) is 3.90. The van der Waals surface area contributed by atoms with Crippen LogP contribution in [-0.4, -0.2) is 22.1 Å². The van der Waals surface area contributed by atoms with E-state index in [0.717, 1.165) is 19.3 Å². The van der Waals surface area contributed by atoms with Crippen molar-refractivity contribution in [1.29, 1.82) is 0 Å². The molecule has 1 atom stereocenters.